The molecule has 1 aliphatic carbocycles. The Morgan fingerprint density at radius 1 is 1.10 bits per heavy atom. The van der Waals surface area contributed by atoms with Gasteiger partial charge in [0, 0.05) is 38.1 Å². The number of nitrogens with one attached hydrogen (secondary N) is 1. The van der Waals surface area contributed by atoms with Gasteiger partial charge in [-0.05, 0) is 68.0 Å². The highest BCUT2D eigenvalue weighted by molar-refractivity contribution is 5.76. The van der Waals surface area contributed by atoms with Crippen LogP contribution in [0.25, 0.3) is 11.0 Å². The molecule has 1 aromatic heterocycles. The zero-order valence-electron chi connectivity index (χ0n) is 19.9. The molecule has 0 bridgehead atoms. The number of hydrogen-bond acceptors (Lipinski definition) is 3. The highest BCUT2D eigenvalue weighted by Gasteiger charge is 2.39. The van der Waals surface area contributed by atoms with Gasteiger partial charge >= 0.3 is 0 Å². The molecule has 3 unspecified atom stereocenters. The summed E-state index contributed by atoms with van der Waals surface area (Å²) < 4.78 is 2.64. The number of rotatable bonds is 5. The van der Waals surface area contributed by atoms with Crippen molar-refractivity contribution in [2.24, 2.45) is 17.3 Å². The number of nitrogens with zero attached hydrogens (tertiary/aromatic N) is 3. The Balaban J connectivity index is 1.30. The summed E-state index contributed by atoms with van der Waals surface area (Å²) in [4.78, 5) is 7.92. The average Bonchev–Trinajstić information content (AvgIpc) is 3.42. The van der Waals surface area contributed by atoms with Crippen molar-refractivity contribution >= 4 is 11.0 Å². The number of benzene rings is 1. The molecule has 0 spiro atoms. The fraction of sp³-hybridized carbons (Fsp3) is 0.741. The predicted octanol–water partition coefficient (Wildman–Crippen LogP) is 5.60. The molecule has 4 nitrogen and oxygen atoms in total. The van der Waals surface area contributed by atoms with Gasteiger partial charge in [-0.15, -0.1) is 0 Å². The Bertz CT molecular complexity index is 870. The lowest BCUT2D eigenvalue weighted by molar-refractivity contribution is 0.0384. The van der Waals surface area contributed by atoms with E-state index in [9.17, 15) is 0 Å². The van der Waals surface area contributed by atoms with Gasteiger partial charge in [0.2, 0.25) is 0 Å². The van der Waals surface area contributed by atoms with Crippen molar-refractivity contribution in [3.8, 4) is 0 Å². The zero-order chi connectivity index (χ0) is 21.4. The van der Waals surface area contributed by atoms with E-state index in [0.717, 1.165) is 24.9 Å². The molecule has 2 aliphatic heterocycles. The minimum atomic E-state index is 0.524. The third-order valence-electron chi connectivity index (χ3n) is 8.87. The van der Waals surface area contributed by atoms with Crippen LogP contribution in [-0.2, 0) is 0 Å². The molecule has 3 aliphatic rings. The molecule has 1 saturated carbocycles. The summed E-state index contributed by atoms with van der Waals surface area (Å²) in [6, 6.07) is 9.40. The molecule has 2 saturated heterocycles. The fourth-order valence-electron chi connectivity index (χ4n) is 7.25. The molecular formula is C27H42N4. The van der Waals surface area contributed by atoms with Crippen molar-refractivity contribution in [2.45, 2.75) is 77.7 Å². The summed E-state index contributed by atoms with van der Waals surface area (Å²) in [6.07, 6.45) is 9.36. The van der Waals surface area contributed by atoms with E-state index in [1.807, 2.05) is 0 Å². The number of hydrogen-bond donors (Lipinski definition) is 1. The van der Waals surface area contributed by atoms with Crippen LogP contribution in [0.4, 0.5) is 0 Å². The number of fused-ring (bicyclic) bond motifs is 1. The smallest absolute Gasteiger partial charge is 0.114 e. The first-order valence-electron chi connectivity index (χ1n) is 13.0. The van der Waals surface area contributed by atoms with E-state index in [1.165, 1.54) is 81.4 Å². The van der Waals surface area contributed by atoms with Crippen molar-refractivity contribution in [2.75, 3.05) is 32.7 Å². The van der Waals surface area contributed by atoms with E-state index in [2.05, 4.69) is 59.8 Å². The van der Waals surface area contributed by atoms with Gasteiger partial charge in [-0.3, -0.25) is 0 Å². The standard InChI is InChI=1S/C27H42N4/c1-4-23-21(8-7-14-27(23,2)3)19-30-16-12-22(13-17-30)31-25-10-6-5-9-24(25)29-26(31)20-11-15-28-18-20/h5-6,9-10,20-23,28H,4,7-8,11-19H2,1-3H3. The molecule has 1 aromatic carbocycles. The van der Waals surface area contributed by atoms with Gasteiger partial charge in [0.25, 0.3) is 0 Å². The Labute approximate surface area is 188 Å². The first kappa shape index (κ1) is 21.5. The summed E-state index contributed by atoms with van der Waals surface area (Å²) in [5.74, 6) is 3.68. The monoisotopic (exact) mass is 422 g/mol. The zero-order valence-corrected chi connectivity index (χ0v) is 19.9. The van der Waals surface area contributed by atoms with E-state index in [1.54, 1.807) is 0 Å². The molecule has 3 fully saturated rings. The largest absolute Gasteiger partial charge is 0.324 e. The maximum absolute atomic E-state index is 5.13. The topological polar surface area (TPSA) is 33.1 Å². The molecule has 31 heavy (non-hydrogen) atoms. The predicted molar refractivity (Wildman–Crippen MR) is 130 cm³/mol. The first-order valence-corrected chi connectivity index (χ1v) is 13.0. The Hall–Kier alpha value is -1.39. The number of para-hydroxylation sites is 2. The highest BCUT2D eigenvalue weighted by Crippen LogP contribution is 2.46. The fourth-order valence-corrected chi connectivity index (χ4v) is 7.25. The van der Waals surface area contributed by atoms with Crippen LogP contribution in [0.3, 0.4) is 0 Å². The minimum Gasteiger partial charge on any atom is -0.324 e. The Morgan fingerprint density at radius 3 is 2.65 bits per heavy atom. The van der Waals surface area contributed by atoms with Gasteiger partial charge in [-0.2, -0.15) is 0 Å². The number of aromatic nitrogens is 2. The maximum Gasteiger partial charge on any atom is 0.114 e. The molecule has 5 rings (SSSR count). The molecular weight excluding hydrogens is 380 g/mol. The normalized spacial score (nSPS) is 30.2. The Kier molecular flexibility index (Phi) is 6.13. The van der Waals surface area contributed by atoms with Gasteiger partial charge in [0.15, 0.2) is 0 Å². The summed E-state index contributed by atoms with van der Waals surface area (Å²) >= 11 is 0. The maximum atomic E-state index is 5.13. The van der Waals surface area contributed by atoms with Gasteiger partial charge in [0.1, 0.15) is 5.82 Å². The lowest BCUT2D eigenvalue weighted by Crippen LogP contribution is -2.44. The average molecular weight is 423 g/mol. The number of likely N-dealkylation sites (tertiary alicyclic amines) is 1. The second-order valence-corrected chi connectivity index (χ2v) is 11.2. The number of piperidine rings is 1. The van der Waals surface area contributed by atoms with Crippen LogP contribution in [0.1, 0.15) is 83.5 Å². The van der Waals surface area contributed by atoms with Gasteiger partial charge in [-0.25, -0.2) is 4.98 Å². The van der Waals surface area contributed by atoms with Crippen molar-refractivity contribution in [3.05, 3.63) is 30.1 Å². The summed E-state index contributed by atoms with van der Waals surface area (Å²) in [7, 11) is 0. The molecule has 4 heteroatoms. The molecule has 0 amide bonds. The molecule has 3 heterocycles. The van der Waals surface area contributed by atoms with E-state index in [0.29, 0.717) is 17.4 Å². The van der Waals surface area contributed by atoms with Crippen molar-refractivity contribution < 1.29 is 0 Å². The molecule has 0 radical (unpaired) electrons. The SMILES string of the molecule is CCC1C(CN2CCC(n3c(C4CCNC4)nc4ccccc43)CC2)CCCC1(C)C. The van der Waals surface area contributed by atoms with Crippen LogP contribution in [0, 0.1) is 17.3 Å². The van der Waals surface area contributed by atoms with Gasteiger partial charge < -0.3 is 14.8 Å². The lowest BCUT2D eigenvalue weighted by Gasteiger charge is -2.46. The van der Waals surface area contributed by atoms with Crippen LogP contribution >= 0.6 is 0 Å². The van der Waals surface area contributed by atoms with Crippen molar-refractivity contribution in [1.29, 1.82) is 0 Å². The highest BCUT2D eigenvalue weighted by atomic mass is 15.2. The van der Waals surface area contributed by atoms with Crippen molar-refractivity contribution in [3.63, 3.8) is 0 Å². The third kappa shape index (κ3) is 4.18. The third-order valence-corrected chi connectivity index (χ3v) is 8.87. The molecule has 3 atom stereocenters. The van der Waals surface area contributed by atoms with Crippen LogP contribution in [0.2, 0.25) is 0 Å². The first-order chi connectivity index (χ1) is 15.1. The van der Waals surface area contributed by atoms with E-state index in [-0.39, 0.29) is 0 Å². The second kappa shape index (κ2) is 8.86. The Morgan fingerprint density at radius 2 is 1.90 bits per heavy atom. The van der Waals surface area contributed by atoms with E-state index >= 15 is 0 Å². The van der Waals surface area contributed by atoms with Crippen LogP contribution in [0.15, 0.2) is 24.3 Å². The second-order valence-electron chi connectivity index (χ2n) is 11.2. The van der Waals surface area contributed by atoms with Crippen LogP contribution in [0.5, 0.6) is 0 Å². The quantitative estimate of drug-likeness (QED) is 0.680. The van der Waals surface area contributed by atoms with Gasteiger partial charge in [-0.1, -0.05) is 45.7 Å². The van der Waals surface area contributed by atoms with Crippen LogP contribution in [-0.4, -0.2) is 47.2 Å². The molecule has 2 aromatic rings. The van der Waals surface area contributed by atoms with E-state index in [4.69, 9.17) is 4.98 Å². The lowest BCUT2D eigenvalue weighted by atomic mass is 9.62. The van der Waals surface area contributed by atoms with Gasteiger partial charge in [0.05, 0.1) is 11.0 Å². The van der Waals surface area contributed by atoms with Crippen LogP contribution < -0.4 is 5.32 Å². The minimum absolute atomic E-state index is 0.524. The summed E-state index contributed by atoms with van der Waals surface area (Å²) in [5.41, 5.74) is 3.06. The molecule has 1 N–H and O–H groups in total. The summed E-state index contributed by atoms with van der Waals surface area (Å²) in [6.45, 7) is 13.5. The number of imidazole rings is 1. The van der Waals surface area contributed by atoms with E-state index < -0.39 is 0 Å². The van der Waals surface area contributed by atoms with Crippen molar-refractivity contribution in [1.82, 2.24) is 19.8 Å². The summed E-state index contributed by atoms with van der Waals surface area (Å²) in [5, 5.41) is 3.55. The molecule has 170 valence electrons.